The Kier molecular flexibility index (Phi) is 15.3. The van der Waals surface area contributed by atoms with E-state index in [4.69, 9.17) is 0 Å². The van der Waals surface area contributed by atoms with E-state index >= 15 is 0 Å². The van der Waals surface area contributed by atoms with Crippen molar-refractivity contribution >= 4 is 21.5 Å². The van der Waals surface area contributed by atoms with Crippen LogP contribution in [0.15, 0.2) is 255 Å². The molecule has 0 aliphatic heterocycles. The second-order valence-corrected chi connectivity index (χ2v) is 27.5. The summed E-state index contributed by atoms with van der Waals surface area (Å²) >= 11 is 0. The summed E-state index contributed by atoms with van der Waals surface area (Å²) in [5.74, 6) is 1.25. The molecule has 0 unspecified atom stereocenters. The summed E-state index contributed by atoms with van der Waals surface area (Å²) in [6.07, 6.45) is 0. The molecule has 4 nitrogen and oxygen atoms in total. The molecule has 0 heterocycles. The third-order valence-electron chi connectivity index (χ3n) is 20.9. The molecule has 1 aliphatic carbocycles. The summed E-state index contributed by atoms with van der Waals surface area (Å²) in [7, 11) is 0. The van der Waals surface area contributed by atoms with Crippen LogP contribution in [-0.2, 0) is 32.5 Å². The van der Waals surface area contributed by atoms with Crippen LogP contribution in [0.25, 0.3) is 32.7 Å². The van der Waals surface area contributed by atoms with Crippen molar-refractivity contribution in [3.05, 3.63) is 344 Å². The molecule has 0 aromatic heterocycles. The Morgan fingerprint density at radius 1 is 0.267 bits per heavy atom. The van der Waals surface area contributed by atoms with Gasteiger partial charge in [0, 0.05) is 43.6 Å². The molecular formula is C86H82O4. The lowest BCUT2D eigenvalue weighted by Gasteiger charge is -2.36. The van der Waals surface area contributed by atoms with Crippen molar-refractivity contribution in [3.63, 3.8) is 0 Å². The SMILES string of the molecule is Cc1cc(C(C)(C)c2ccc(C(C)(C)c3ccc(O)c(C(C)(c4cccc5ccccc45)c4cccc5ccccc45)c3)cc2)ccc1O.Cc1cc(C(C)(C)c2ccc(C(C)(C)c3ccc(O)c(C4(C)c5ccccc5-c5ccccc54)c3)cc2)ccc1O. The third-order valence-corrected chi connectivity index (χ3v) is 20.9. The first-order valence-corrected chi connectivity index (χ1v) is 31.5. The van der Waals surface area contributed by atoms with E-state index in [0.29, 0.717) is 17.2 Å². The van der Waals surface area contributed by atoms with E-state index in [0.717, 1.165) is 44.5 Å². The fraction of sp³-hybridized carbons (Fsp3) is 0.209. The monoisotopic (exact) mass is 1180 g/mol. The minimum Gasteiger partial charge on any atom is -0.508 e. The van der Waals surface area contributed by atoms with Crippen LogP contribution in [0.3, 0.4) is 0 Å². The fourth-order valence-corrected chi connectivity index (χ4v) is 14.5. The smallest absolute Gasteiger partial charge is 0.120 e. The zero-order valence-corrected chi connectivity index (χ0v) is 54.0. The molecule has 0 spiro atoms. The highest BCUT2D eigenvalue weighted by Crippen LogP contribution is 2.55. The van der Waals surface area contributed by atoms with E-state index in [2.05, 4.69) is 288 Å². The zero-order chi connectivity index (χ0) is 63.7. The van der Waals surface area contributed by atoms with Gasteiger partial charge in [-0.25, -0.2) is 0 Å². The van der Waals surface area contributed by atoms with Crippen LogP contribution in [0.1, 0.15) is 158 Å². The van der Waals surface area contributed by atoms with Crippen molar-refractivity contribution in [2.45, 2.75) is 116 Å². The molecule has 1 aliphatic rings. The van der Waals surface area contributed by atoms with Gasteiger partial charge in [0.2, 0.25) is 0 Å². The standard InChI is InChI=1S/C47H44O2.C39H38O2/c1-31-29-36(25-27-43(31)48)45(2,3)34-21-23-35(24-22-34)46(4,5)37-26-28-44(49)42(30-37)47(6,40-19-11-15-32-13-7-9-17-38(32)40)41-20-12-16-33-14-8-10-18-39(33)41;1-25-23-28(19-21-35(25)40)37(2,3)26-15-17-27(18-16-26)38(4,5)29-20-22-36(41)34(24-29)39(6)32-13-9-7-11-30(32)31-12-8-10-14-33(31)39/h7-30,48-49H,1-6H3;7-24,40-41H,1-6H3. The van der Waals surface area contributed by atoms with Crippen LogP contribution >= 0.6 is 0 Å². The molecule has 0 bridgehead atoms. The van der Waals surface area contributed by atoms with Crippen molar-refractivity contribution in [1.29, 1.82) is 0 Å². The average Bonchev–Trinajstić information content (AvgIpc) is 1.40. The molecule has 0 saturated heterocycles. The summed E-state index contributed by atoms with van der Waals surface area (Å²) in [5, 5.41) is 48.0. The number of hydrogen-bond acceptors (Lipinski definition) is 4. The molecule has 12 aromatic rings. The number of benzene rings is 12. The average molecular weight is 1180 g/mol. The maximum absolute atomic E-state index is 11.8. The highest BCUT2D eigenvalue weighted by molar-refractivity contribution is 5.93. The van der Waals surface area contributed by atoms with E-state index in [1.54, 1.807) is 12.1 Å². The first-order chi connectivity index (χ1) is 42.9. The lowest BCUT2D eigenvalue weighted by atomic mass is 9.66. The molecule has 12 aromatic carbocycles. The predicted octanol–water partition coefficient (Wildman–Crippen LogP) is 21.1. The highest BCUT2D eigenvalue weighted by Gasteiger charge is 2.43. The molecule has 450 valence electrons. The van der Waals surface area contributed by atoms with Gasteiger partial charge < -0.3 is 20.4 Å². The minimum absolute atomic E-state index is 0.204. The van der Waals surface area contributed by atoms with Gasteiger partial charge in [-0.1, -0.05) is 274 Å². The lowest BCUT2D eigenvalue weighted by Crippen LogP contribution is -2.28. The van der Waals surface area contributed by atoms with Gasteiger partial charge in [0.05, 0.1) is 0 Å². The number of aryl methyl sites for hydroxylation is 2. The van der Waals surface area contributed by atoms with Crippen LogP contribution in [0.2, 0.25) is 0 Å². The number of rotatable bonds is 12. The molecule has 4 N–H and O–H groups in total. The number of hydrogen-bond donors (Lipinski definition) is 4. The van der Waals surface area contributed by atoms with Gasteiger partial charge >= 0.3 is 0 Å². The fourth-order valence-electron chi connectivity index (χ4n) is 14.5. The van der Waals surface area contributed by atoms with Gasteiger partial charge in [0.15, 0.2) is 0 Å². The van der Waals surface area contributed by atoms with E-state index in [-0.39, 0.29) is 27.4 Å². The first-order valence-electron chi connectivity index (χ1n) is 31.5. The van der Waals surface area contributed by atoms with Crippen molar-refractivity contribution in [2.75, 3.05) is 0 Å². The number of phenols is 4. The summed E-state index contributed by atoms with van der Waals surface area (Å²) in [6.45, 7) is 26.3. The Morgan fingerprint density at radius 3 is 0.978 bits per heavy atom. The zero-order valence-electron chi connectivity index (χ0n) is 54.0. The van der Waals surface area contributed by atoms with E-state index in [1.165, 1.54) is 77.2 Å². The number of fused-ring (bicyclic) bond motifs is 5. The minimum atomic E-state index is -0.673. The van der Waals surface area contributed by atoms with E-state index in [1.807, 2.05) is 38.1 Å². The van der Waals surface area contributed by atoms with E-state index < -0.39 is 10.8 Å². The highest BCUT2D eigenvalue weighted by atomic mass is 16.3. The first kappa shape index (κ1) is 60.6. The summed E-state index contributed by atoms with van der Waals surface area (Å²) < 4.78 is 0. The molecule has 0 atom stereocenters. The summed E-state index contributed by atoms with van der Waals surface area (Å²) in [5.41, 5.74) is 18.1. The topological polar surface area (TPSA) is 80.9 Å². The normalized spacial score (nSPS) is 13.2. The Bertz CT molecular complexity index is 4560. The predicted molar refractivity (Wildman–Crippen MR) is 374 cm³/mol. The van der Waals surface area contributed by atoms with E-state index in [9.17, 15) is 20.4 Å². The maximum Gasteiger partial charge on any atom is 0.120 e. The number of phenolic OH excluding ortho intramolecular Hbond substituents is 4. The van der Waals surface area contributed by atoms with Gasteiger partial charge in [-0.2, -0.15) is 0 Å². The second-order valence-electron chi connectivity index (χ2n) is 27.5. The molecule has 0 fully saturated rings. The summed E-state index contributed by atoms with van der Waals surface area (Å²) in [6, 6.07) is 89.2. The Labute approximate surface area is 532 Å². The lowest BCUT2D eigenvalue weighted by molar-refractivity contribution is 0.456. The van der Waals surface area contributed by atoms with Crippen molar-refractivity contribution in [2.24, 2.45) is 0 Å². The second kappa shape index (κ2) is 22.7. The van der Waals surface area contributed by atoms with Crippen LogP contribution in [0, 0.1) is 13.8 Å². The molecular weight excluding hydrogens is 1100 g/mol. The van der Waals surface area contributed by atoms with Crippen LogP contribution in [0.5, 0.6) is 23.0 Å². The third kappa shape index (κ3) is 10.2. The molecule has 13 rings (SSSR count). The Hall–Kier alpha value is -9.64. The van der Waals surface area contributed by atoms with Crippen molar-refractivity contribution in [3.8, 4) is 34.1 Å². The van der Waals surface area contributed by atoms with Gasteiger partial charge in [-0.15, -0.1) is 0 Å². The van der Waals surface area contributed by atoms with Crippen molar-refractivity contribution < 1.29 is 20.4 Å². The number of aromatic hydroxyl groups is 4. The van der Waals surface area contributed by atoms with Gasteiger partial charge in [-0.3, -0.25) is 0 Å². The van der Waals surface area contributed by atoms with Gasteiger partial charge in [0.1, 0.15) is 23.0 Å². The Balaban J connectivity index is 0.000000177. The summed E-state index contributed by atoms with van der Waals surface area (Å²) in [4.78, 5) is 0. The van der Waals surface area contributed by atoms with Gasteiger partial charge in [0.25, 0.3) is 0 Å². The van der Waals surface area contributed by atoms with Crippen LogP contribution < -0.4 is 0 Å². The molecule has 0 radical (unpaired) electrons. The molecule has 4 heteroatoms. The van der Waals surface area contributed by atoms with Crippen molar-refractivity contribution in [1.82, 2.24) is 0 Å². The quantitative estimate of drug-likeness (QED) is 0.0919. The largest absolute Gasteiger partial charge is 0.508 e. The molecule has 0 saturated carbocycles. The van der Waals surface area contributed by atoms with Crippen LogP contribution in [-0.4, -0.2) is 20.4 Å². The van der Waals surface area contributed by atoms with Gasteiger partial charge in [-0.05, 0) is 175 Å². The molecule has 0 amide bonds. The molecule has 90 heavy (non-hydrogen) atoms. The van der Waals surface area contributed by atoms with Crippen LogP contribution in [0.4, 0.5) is 0 Å². The maximum atomic E-state index is 11.8. The Morgan fingerprint density at radius 2 is 0.578 bits per heavy atom.